The summed E-state index contributed by atoms with van der Waals surface area (Å²) in [7, 11) is 1.77. The number of rotatable bonds is 6. The van der Waals surface area contributed by atoms with E-state index in [1.165, 1.54) is 12.8 Å². The zero-order chi connectivity index (χ0) is 15.6. The van der Waals surface area contributed by atoms with E-state index >= 15 is 0 Å². The van der Waals surface area contributed by atoms with Crippen LogP contribution in [-0.2, 0) is 4.74 Å². The van der Waals surface area contributed by atoms with Crippen molar-refractivity contribution in [2.24, 2.45) is 17.3 Å². The Hall–Kier alpha value is -0.120. The molecule has 3 nitrogen and oxygen atoms in total. The van der Waals surface area contributed by atoms with Gasteiger partial charge in [0.05, 0.1) is 12.7 Å². The number of hydrogen-bond donors (Lipinski definition) is 1. The third-order valence-electron chi connectivity index (χ3n) is 5.81. The average Bonchev–Trinajstić information content (AvgIpc) is 3.23. The normalized spacial score (nSPS) is 32.4. The topological polar surface area (TPSA) is 32.7 Å². The fraction of sp³-hybridized carbons (Fsp3) is 1.00. The Morgan fingerprint density at radius 2 is 1.86 bits per heavy atom. The molecule has 0 heterocycles. The lowest BCUT2D eigenvalue weighted by atomic mass is 9.69. The van der Waals surface area contributed by atoms with Crippen LogP contribution in [0.15, 0.2) is 0 Å². The summed E-state index contributed by atoms with van der Waals surface area (Å²) in [5, 5.41) is 10.6. The molecule has 124 valence electrons. The van der Waals surface area contributed by atoms with Crippen molar-refractivity contribution in [1.82, 2.24) is 4.90 Å². The van der Waals surface area contributed by atoms with Gasteiger partial charge in [-0.1, -0.05) is 20.8 Å². The van der Waals surface area contributed by atoms with E-state index in [0.29, 0.717) is 23.4 Å². The number of ether oxygens (including phenoxy) is 1. The summed E-state index contributed by atoms with van der Waals surface area (Å²) in [5.41, 5.74) is 0.341. The number of aliphatic hydroxyl groups excluding tert-OH is 1. The molecule has 0 saturated heterocycles. The van der Waals surface area contributed by atoms with E-state index in [-0.39, 0.29) is 6.10 Å². The first kappa shape index (κ1) is 17.2. The SMILES string of the molecule is COCCN(C(C)C1CC1)C1CC(C(C)(C)C)CCC1O. The second-order valence-electron chi connectivity index (χ2n) is 8.32. The monoisotopic (exact) mass is 297 g/mol. The van der Waals surface area contributed by atoms with E-state index in [9.17, 15) is 5.11 Å². The van der Waals surface area contributed by atoms with Gasteiger partial charge in [0.15, 0.2) is 0 Å². The number of hydrogen-bond acceptors (Lipinski definition) is 3. The highest BCUT2D eigenvalue weighted by atomic mass is 16.5. The van der Waals surface area contributed by atoms with E-state index in [1.54, 1.807) is 7.11 Å². The molecule has 2 saturated carbocycles. The molecule has 3 heteroatoms. The van der Waals surface area contributed by atoms with Gasteiger partial charge in [-0.25, -0.2) is 0 Å². The minimum absolute atomic E-state index is 0.165. The Bertz CT molecular complexity index is 322. The van der Waals surface area contributed by atoms with Gasteiger partial charge in [0.25, 0.3) is 0 Å². The molecule has 21 heavy (non-hydrogen) atoms. The van der Waals surface area contributed by atoms with Crippen LogP contribution in [0, 0.1) is 17.3 Å². The fourth-order valence-electron chi connectivity index (χ4n) is 3.99. The summed E-state index contributed by atoms with van der Waals surface area (Å²) in [6.45, 7) is 11.1. The molecule has 0 radical (unpaired) electrons. The molecule has 0 aromatic carbocycles. The van der Waals surface area contributed by atoms with Crippen LogP contribution >= 0.6 is 0 Å². The van der Waals surface area contributed by atoms with Crippen molar-refractivity contribution in [3.05, 3.63) is 0 Å². The maximum atomic E-state index is 10.6. The van der Waals surface area contributed by atoms with Gasteiger partial charge in [-0.2, -0.15) is 0 Å². The highest BCUT2D eigenvalue weighted by Gasteiger charge is 2.42. The second-order valence-corrected chi connectivity index (χ2v) is 8.32. The van der Waals surface area contributed by atoms with Crippen molar-refractivity contribution in [1.29, 1.82) is 0 Å². The maximum Gasteiger partial charge on any atom is 0.0695 e. The smallest absolute Gasteiger partial charge is 0.0695 e. The molecule has 2 rings (SSSR count). The molecular weight excluding hydrogens is 262 g/mol. The minimum Gasteiger partial charge on any atom is -0.391 e. The van der Waals surface area contributed by atoms with Crippen LogP contribution in [0.2, 0.25) is 0 Å². The van der Waals surface area contributed by atoms with Gasteiger partial charge in [0, 0.05) is 25.7 Å². The van der Waals surface area contributed by atoms with E-state index in [0.717, 1.165) is 38.3 Å². The summed E-state index contributed by atoms with van der Waals surface area (Å²) in [6, 6.07) is 0.896. The zero-order valence-electron chi connectivity index (χ0n) is 14.6. The molecule has 0 aliphatic heterocycles. The van der Waals surface area contributed by atoms with E-state index in [1.807, 2.05) is 0 Å². The van der Waals surface area contributed by atoms with Crippen molar-refractivity contribution in [2.75, 3.05) is 20.3 Å². The fourth-order valence-corrected chi connectivity index (χ4v) is 3.99. The molecule has 0 aromatic heterocycles. The molecule has 1 N–H and O–H groups in total. The molecule has 2 aliphatic rings. The summed E-state index contributed by atoms with van der Waals surface area (Å²) >= 11 is 0. The molecule has 0 spiro atoms. The average molecular weight is 297 g/mol. The molecule has 0 amide bonds. The van der Waals surface area contributed by atoms with Crippen molar-refractivity contribution < 1.29 is 9.84 Å². The molecule has 2 fully saturated rings. The van der Waals surface area contributed by atoms with Gasteiger partial charge in [0.1, 0.15) is 0 Å². The summed E-state index contributed by atoms with van der Waals surface area (Å²) < 4.78 is 5.32. The van der Waals surface area contributed by atoms with Crippen LogP contribution < -0.4 is 0 Å². The van der Waals surface area contributed by atoms with Gasteiger partial charge in [-0.15, -0.1) is 0 Å². The summed E-state index contributed by atoms with van der Waals surface area (Å²) in [5.74, 6) is 1.55. The van der Waals surface area contributed by atoms with E-state index in [2.05, 4.69) is 32.6 Å². The Labute approximate surface area is 131 Å². The molecule has 0 aromatic rings. The molecule has 0 bridgehead atoms. The first-order valence-electron chi connectivity index (χ1n) is 8.77. The van der Waals surface area contributed by atoms with Crippen LogP contribution in [0.3, 0.4) is 0 Å². The minimum atomic E-state index is -0.165. The Balaban J connectivity index is 2.07. The predicted octanol–water partition coefficient (Wildman–Crippen LogP) is 3.31. The predicted molar refractivity (Wildman–Crippen MR) is 87.4 cm³/mol. The molecular formula is C18H35NO2. The molecule has 4 atom stereocenters. The van der Waals surface area contributed by atoms with Crippen LogP contribution in [0.25, 0.3) is 0 Å². The van der Waals surface area contributed by atoms with Gasteiger partial charge in [0.2, 0.25) is 0 Å². The third-order valence-corrected chi connectivity index (χ3v) is 5.81. The Morgan fingerprint density at radius 1 is 1.19 bits per heavy atom. The number of nitrogens with zero attached hydrogens (tertiary/aromatic N) is 1. The van der Waals surface area contributed by atoms with Gasteiger partial charge in [-0.3, -0.25) is 4.90 Å². The summed E-state index contributed by atoms with van der Waals surface area (Å²) in [6.07, 6.45) is 5.80. The molecule has 2 aliphatic carbocycles. The molecule has 4 unspecified atom stereocenters. The highest BCUT2D eigenvalue weighted by Crippen LogP contribution is 2.42. The highest BCUT2D eigenvalue weighted by molar-refractivity contribution is 4.95. The number of aliphatic hydroxyl groups is 1. The largest absolute Gasteiger partial charge is 0.391 e. The van der Waals surface area contributed by atoms with Crippen LogP contribution in [0.5, 0.6) is 0 Å². The van der Waals surface area contributed by atoms with Crippen molar-refractivity contribution in [2.45, 2.75) is 78.0 Å². The third kappa shape index (κ3) is 4.43. The quantitative estimate of drug-likeness (QED) is 0.816. The van der Waals surface area contributed by atoms with Gasteiger partial charge in [-0.05, 0) is 56.3 Å². The van der Waals surface area contributed by atoms with E-state index < -0.39 is 0 Å². The van der Waals surface area contributed by atoms with Gasteiger partial charge < -0.3 is 9.84 Å². The lowest BCUT2D eigenvalue weighted by Crippen LogP contribution is -2.53. The lowest BCUT2D eigenvalue weighted by molar-refractivity contribution is -0.0414. The first-order valence-corrected chi connectivity index (χ1v) is 8.77. The Morgan fingerprint density at radius 3 is 2.38 bits per heavy atom. The second kappa shape index (κ2) is 6.97. The first-order chi connectivity index (χ1) is 9.84. The summed E-state index contributed by atoms with van der Waals surface area (Å²) in [4.78, 5) is 2.56. The van der Waals surface area contributed by atoms with Crippen molar-refractivity contribution >= 4 is 0 Å². The van der Waals surface area contributed by atoms with Crippen LogP contribution in [0.4, 0.5) is 0 Å². The van der Waals surface area contributed by atoms with Crippen molar-refractivity contribution in [3.8, 4) is 0 Å². The van der Waals surface area contributed by atoms with Crippen LogP contribution in [-0.4, -0.2) is 48.5 Å². The number of methoxy groups -OCH3 is 1. The van der Waals surface area contributed by atoms with Gasteiger partial charge >= 0.3 is 0 Å². The standard InChI is InChI=1S/C18H35NO2/c1-13(14-6-7-14)19(10-11-21-5)16-12-15(18(2,3)4)8-9-17(16)20/h13-17,20H,6-12H2,1-5H3. The Kier molecular flexibility index (Phi) is 5.72. The lowest BCUT2D eigenvalue weighted by Gasteiger charge is -2.46. The van der Waals surface area contributed by atoms with Crippen LogP contribution in [0.1, 0.15) is 59.8 Å². The zero-order valence-corrected chi connectivity index (χ0v) is 14.6. The maximum absolute atomic E-state index is 10.6. The van der Waals surface area contributed by atoms with E-state index in [4.69, 9.17) is 4.74 Å². The van der Waals surface area contributed by atoms with Crippen molar-refractivity contribution in [3.63, 3.8) is 0 Å².